The van der Waals surface area contributed by atoms with Crippen molar-refractivity contribution in [1.82, 2.24) is 20.1 Å². The van der Waals surface area contributed by atoms with Crippen LogP contribution in [0.5, 0.6) is 0 Å². The lowest BCUT2D eigenvalue weighted by atomic mass is 10.3. The maximum Gasteiger partial charge on any atom is 0.0489 e. The molecule has 0 radical (unpaired) electrons. The molecular formula is C12H16N4. The van der Waals surface area contributed by atoms with Crippen LogP contribution in [0.2, 0.25) is 0 Å². The lowest BCUT2D eigenvalue weighted by molar-refractivity contribution is 0.543. The van der Waals surface area contributed by atoms with Crippen molar-refractivity contribution in [3.05, 3.63) is 48.5 Å². The number of pyridine rings is 1. The SMILES string of the molecule is c1cncc(CNCCCn2cccn2)c1. The molecule has 0 saturated carbocycles. The van der Waals surface area contributed by atoms with E-state index in [9.17, 15) is 0 Å². The summed E-state index contributed by atoms with van der Waals surface area (Å²) in [5.41, 5.74) is 1.22. The summed E-state index contributed by atoms with van der Waals surface area (Å²) < 4.78 is 1.95. The van der Waals surface area contributed by atoms with Gasteiger partial charge in [0.1, 0.15) is 0 Å². The fraction of sp³-hybridized carbons (Fsp3) is 0.333. The van der Waals surface area contributed by atoms with Crippen molar-refractivity contribution in [2.45, 2.75) is 19.5 Å². The Bertz CT molecular complexity index is 383. The van der Waals surface area contributed by atoms with Crippen LogP contribution in [0.3, 0.4) is 0 Å². The normalized spacial score (nSPS) is 10.5. The summed E-state index contributed by atoms with van der Waals surface area (Å²) in [5.74, 6) is 0. The molecule has 84 valence electrons. The third-order valence-corrected chi connectivity index (χ3v) is 2.35. The molecule has 1 N–H and O–H groups in total. The van der Waals surface area contributed by atoms with Gasteiger partial charge in [-0.3, -0.25) is 9.67 Å². The molecule has 0 spiro atoms. The summed E-state index contributed by atoms with van der Waals surface area (Å²) in [6, 6.07) is 5.98. The molecule has 0 atom stereocenters. The van der Waals surface area contributed by atoms with E-state index in [2.05, 4.69) is 21.5 Å². The van der Waals surface area contributed by atoms with Gasteiger partial charge in [0.15, 0.2) is 0 Å². The molecule has 0 aliphatic carbocycles. The molecule has 0 bridgehead atoms. The van der Waals surface area contributed by atoms with Crippen LogP contribution in [-0.2, 0) is 13.1 Å². The summed E-state index contributed by atoms with van der Waals surface area (Å²) in [6.07, 6.45) is 8.56. The standard InChI is InChI=1S/C12H16N4/c1-4-12(10-13-5-1)11-14-6-2-8-16-9-3-7-15-16/h1,3-5,7,9-10,14H,2,6,8,11H2. The van der Waals surface area contributed by atoms with Crippen LogP contribution >= 0.6 is 0 Å². The van der Waals surface area contributed by atoms with Gasteiger partial charge in [-0.05, 0) is 30.7 Å². The second-order valence-corrected chi connectivity index (χ2v) is 3.66. The van der Waals surface area contributed by atoms with E-state index in [-0.39, 0.29) is 0 Å². The lowest BCUT2D eigenvalue weighted by Gasteiger charge is -2.04. The summed E-state index contributed by atoms with van der Waals surface area (Å²) >= 11 is 0. The van der Waals surface area contributed by atoms with E-state index in [1.165, 1.54) is 5.56 Å². The van der Waals surface area contributed by atoms with Crippen molar-refractivity contribution >= 4 is 0 Å². The van der Waals surface area contributed by atoms with Gasteiger partial charge in [0, 0.05) is 37.9 Å². The van der Waals surface area contributed by atoms with Crippen LogP contribution in [-0.4, -0.2) is 21.3 Å². The van der Waals surface area contributed by atoms with Gasteiger partial charge in [-0.1, -0.05) is 6.07 Å². The molecular weight excluding hydrogens is 200 g/mol. The molecule has 0 amide bonds. The molecule has 16 heavy (non-hydrogen) atoms. The van der Waals surface area contributed by atoms with Crippen molar-refractivity contribution in [2.75, 3.05) is 6.54 Å². The molecule has 4 heteroatoms. The minimum absolute atomic E-state index is 0.882. The Morgan fingerprint density at radius 3 is 3.00 bits per heavy atom. The highest BCUT2D eigenvalue weighted by Gasteiger charge is 1.93. The molecule has 2 rings (SSSR count). The largest absolute Gasteiger partial charge is 0.313 e. The molecule has 0 saturated heterocycles. The topological polar surface area (TPSA) is 42.7 Å². The zero-order valence-electron chi connectivity index (χ0n) is 9.21. The highest BCUT2D eigenvalue weighted by atomic mass is 15.3. The monoisotopic (exact) mass is 216 g/mol. The average Bonchev–Trinajstić information content (AvgIpc) is 2.83. The first-order valence-corrected chi connectivity index (χ1v) is 5.52. The summed E-state index contributed by atoms with van der Waals surface area (Å²) in [4.78, 5) is 4.07. The van der Waals surface area contributed by atoms with E-state index in [4.69, 9.17) is 0 Å². The Labute approximate surface area is 95.3 Å². The van der Waals surface area contributed by atoms with Gasteiger partial charge in [-0.15, -0.1) is 0 Å². The minimum atomic E-state index is 0.882. The lowest BCUT2D eigenvalue weighted by Crippen LogP contribution is -2.16. The number of rotatable bonds is 6. The Kier molecular flexibility index (Phi) is 4.08. The van der Waals surface area contributed by atoms with Crippen molar-refractivity contribution in [2.24, 2.45) is 0 Å². The van der Waals surface area contributed by atoms with E-state index in [1.807, 2.05) is 35.4 Å². The van der Waals surface area contributed by atoms with E-state index in [0.717, 1.165) is 26.1 Å². The maximum atomic E-state index is 4.15. The Morgan fingerprint density at radius 2 is 2.25 bits per heavy atom. The predicted octanol–water partition coefficient (Wildman–Crippen LogP) is 1.46. The van der Waals surface area contributed by atoms with Gasteiger partial charge in [-0.2, -0.15) is 5.10 Å². The van der Waals surface area contributed by atoms with E-state index >= 15 is 0 Å². The van der Waals surface area contributed by atoms with Gasteiger partial charge in [-0.25, -0.2) is 0 Å². The van der Waals surface area contributed by atoms with Crippen molar-refractivity contribution in [3.63, 3.8) is 0 Å². The molecule has 0 aliphatic rings. The van der Waals surface area contributed by atoms with Gasteiger partial charge < -0.3 is 5.32 Å². The van der Waals surface area contributed by atoms with Crippen LogP contribution in [0.15, 0.2) is 43.0 Å². The molecule has 0 fully saturated rings. The highest BCUT2D eigenvalue weighted by Crippen LogP contribution is 1.94. The average molecular weight is 216 g/mol. The fourth-order valence-corrected chi connectivity index (χ4v) is 1.53. The molecule has 2 heterocycles. The second-order valence-electron chi connectivity index (χ2n) is 3.66. The number of aromatic nitrogens is 3. The van der Waals surface area contributed by atoms with Crippen LogP contribution < -0.4 is 5.32 Å². The molecule has 4 nitrogen and oxygen atoms in total. The summed E-state index contributed by atoms with van der Waals surface area (Å²) in [7, 11) is 0. The van der Waals surface area contributed by atoms with Gasteiger partial charge in [0.2, 0.25) is 0 Å². The van der Waals surface area contributed by atoms with Gasteiger partial charge >= 0.3 is 0 Å². The fourth-order valence-electron chi connectivity index (χ4n) is 1.53. The van der Waals surface area contributed by atoms with E-state index in [0.29, 0.717) is 0 Å². The first-order valence-electron chi connectivity index (χ1n) is 5.52. The Morgan fingerprint density at radius 1 is 1.25 bits per heavy atom. The second kappa shape index (κ2) is 6.02. The summed E-state index contributed by atoms with van der Waals surface area (Å²) in [5, 5.41) is 7.53. The first kappa shape index (κ1) is 10.8. The molecule has 0 aliphatic heterocycles. The van der Waals surface area contributed by atoms with Crippen LogP contribution in [0.25, 0.3) is 0 Å². The number of hydrogen-bond donors (Lipinski definition) is 1. The quantitative estimate of drug-likeness (QED) is 0.743. The van der Waals surface area contributed by atoms with Gasteiger partial charge in [0.25, 0.3) is 0 Å². The zero-order valence-corrected chi connectivity index (χ0v) is 9.21. The Balaban J connectivity index is 1.59. The third-order valence-electron chi connectivity index (χ3n) is 2.35. The molecule has 2 aromatic rings. The molecule has 0 aromatic carbocycles. The van der Waals surface area contributed by atoms with Crippen LogP contribution in [0.1, 0.15) is 12.0 Å². The summed E-state index contributed by atoms with van der Waals surface area (Å²) in [6.45, 7) is 2.84. The number of aryl methyl sites for hydroxylation is 1. The first-order chi connectivity index (χ1) is 7.95. The minimum Gasteiger partial charge on any atom is -0.313 e. The van der Waals surface area contributed by atoms with Gasteiger partial charge in [0.05, 0.1) is 0 Å². The molecule has 0 unspecified atom stereocenters. The van der Waals surface area contributed by atoms with Crippen molar-refractivity contribution in [1.29, 1.82) is 0 Å². The number of hydrogen-bond acceptors (Lipinski definition) is 3. The van der Waals surface area contributed by atoms with Crippen LogP contribution in [0.4, 0.5) is 0 Å². The molecule has 2 aromatic heterocycles. The number of nitrogens with zero attached hydrogens (tertiary/aromatic N) is 3. The Hall–Kier alpha value is -1.68. The zero-order chi connectivity index (χ0) is 11.1. The van der Waals surface area contributed by atoms with Crippen LogP contribution in [0, 0.1) is 0 Å². The predicted molar refractivity (Wildman–Crippen MR) is 62.8 cm³/mol. The van der Waals surface area contributed by atoms with E-state index < -0.39 is 0 Å². The smallest absolute Gasteiger partial charge is 0.0489 e. The van der Waals surface area contributed by atoms with Crippen molar-refractivity contribution < 1.29 is 0 Å². The third kappa shape index (κ3) is 3.47. The highest BCUT2D eigenvalue weighted by molar-refractivity contribution is 5.07. The maximum absolute atomic E-state index is 4.15. The van der Waals surface area contributed by atoms with Crippen molar-refractivity contribution in [3.8, 4) is 0 Å². The van der Waals surface area contributed by atoms with E-state index in [1.54, 1.807) is 6.20 Å². The number of nitrogens with one attached hydrogen (secondary N) is 1.